The normalized spacial score (nSPS) is 12.3. The van der Waals surface area contributed by atoms with Crippen LogP contribution in [-0.4, -0.2) is 18.9 Å². The van der Waals surface area contributed by atoms with Crippen molar-refractivity contribution >= 4 is 18.4 Å². The molecule has 0 radical (unpaired) electrons. The maximum Gasteiger partial charge on any atom is 0.573 e. The Morgan fingerprint density at radius 1 is 1.38 bits per heavy atom. The summed E-state index contributed by atoms with van der Waals surface area (Å²) in [7, 11) is 0. The lowest BCUT2D eigenvalue weighted by Gasteiger charge is -2.15. The highest BCUT2D eigenvalue weighted by molar-refractivity contribution is 5.85. The summed E-state index contributed by atoms with van der Waals surface area (Å²) in [5, 5.41) is 0. The van der Waals surface area contributed by atoms with E-state index in [1.165, 1.54) is 0 Å². The van der Waals surface area contributed by atoms with Crippen molar-refractivity contribution in [2.45, 2.75) is 25.7 Å². The van der Waals surface area contributed by atoms with E-state index in [1.807, 2.05) is 0 Å². The van der Waals surface area contributed by atoms with E-state index in [1.54, 1.807) is 6.92 Å². The third-order valence-corrected chi connectivity index (χ3v) is 2.29. The molecule has 0 aliphatic rings. The van der Waals surface area contributed by atoms with Gasteiger partial charge in [-0.3, -0.25) is 4.79 Å². The van der Waals surface area contributed by atoms with E-state index >= 15 is 0 Å². The zero-order valence-electron chi connectivity index (χ0n) is 10.9. The van der Waals surface area contributed by atoms with Crippen molar-refractivity contribution < 1.29 is 31.8 Å². The molecule has 9 heteroatoms. The average Bonchev–Trinajstić information content (AvgIpc) is 2.30. The average molecular weight is 332 g/mol. The highest BCUT2D eigenvalue weighted by Crippen LogP contribution is 2.27. The molecule has 0 amide bonds. The minimum absolute atomic E-state index is 0. The van der Waals surface area contributed by atoms with Gasteiger partial charge in [-0.15, -0.1) is 25.6 Å². The molecule has 0 saturated heterocycles. The summed E-state index contributed by atoms with van der Waals surface area (Å²) in [6.07, 6.45) is -5.24. The molecular weight excluding hydrogens is 318 g/mol. The van der Waals surface area contributed by atoms with Crippen LogP contribution in [0.15, 0.2) is 18.2 Å². The standard InChI is InChI=1S/C12H13F4NO3.ClH/c1-2-19-11(18)6-10(17)8-5-7(3-4-9(8)13)20-12(14,15)16;/h3-5,10H,2,6,17H2,1H3;1H/t10-;/m1./s1. The smallest absolute Gasteiger partial charge is 0.466 e. The van der Waals surface area contributed by atoms with Gasteiger partial charge in [-0.25, -0.2) is 4.39 Å². The summed E-state index contributed by atoms with van der Waals surface area (Å²) >= 11 is 0. The molecule has 0 spiro atoms. The summed E-state index contributed by atoms with van der Waals surface area (Å²) in [5.41, 5.74) is 5.33. The summed E-state index contributed by atoms with van der Waals surface area (Å²) in [6.45, 7) is 1.72. The van der Waals surface area contributed by atoms with Gasteiger partial charge in [-0.05, 0) is 25.1 Å². The van der Waals surface area contributed by atoms with Crippen LogP contribution in [0.25, 0.3) is 0 Å². The molecule has 21 heavy (non-hydrogen) atoms. The summed E-state index contributed by atoms with van der Waals surface area (Å²) < 4.78 is 58.0. The Kier molecular flexibility index (Phi) is 7.45. The topological polar surface area (TPSA) is 61.5 Å². The van der Waals surface area contributed by atoms with Crippen molar-refractivity contribution in [3.63, 3.8) is 0 Å². The van der Waals surface area contributed by atoms with Crippen LogP contribution in [0.2, 0.25) is 0 Å². The predicted octanol–water partition coefficient (Wildman–Crippen LogP) is 3.10. The highest BCUT2D eigenvalue weighted by Gasteiger charge is 2.31. The van der Waals surface area contributed by atoms with Gasteiger partial charge in [0.2, 0.25) is 0 Å². The number of hydrogen-bond acceptors (Lipinski definition) is 4. The molecule has 0 aliphatic carbocycles. The van der Waals surface area contributed by atoms with Gasteiger partial charge in [0.25, 0.3) is 0 Å². The molecule has 120 valence electrons. The van der Waals surface area contributed by atoms with Crippen LogP contribution in [0, 0.1) is 5.82 Å². The molecule has 1 atom stereocenters. The molecule has 4 nitrogen and oxygen atoms in total. The number of esters is 1. The van der Waals surface area contributed by atoms with Crippen molar-refractivity contribution in [2.75, 3.05) is 6.61 Å². The number of carbonyl (C=O) groups excluding carboxylic acids is 1. The molecule has 0 bridgehead atoms. The number of halogens is 5. The number of rotatable bonds is 5. The molecule has 0 aliphatic heterocycles. The van der Waals surface area contributed by atoms with Crippen molar-refractivity contribution in [2.24, 2.45) is 5.73 Å². The number of nitrogens with two attached hydrogens (primary N) is 1. The minimum atomic E-state index is -4.89. The second-order valence-electron chi connectivity index (χ2n) is 3.85. The van der Waals surface area contributed by atoms with E-state index in [4.69, 9.17) is 5.73 Å². The summed E-state index contributed by atoms with van der Waals surface area (Å²) in [6, 6.07) is 1.31. The first-order chi connectivity index (χ1) is 9.23. The van der Waals surface area contributed by atoms with Gasteiger partial charge in [-0.1, -0.05) is 0 Å². The van der Waals surface area contributed by atoms with Crippen LogP contribution < -0.4 is 10.5 Å². The first kappa shape index (κ1) is 19.5. The van der Waals surface area contributed by atoms with Crippen LogP contribution in [0.3, 0.4) is 0 Å². The molecule has 0 aromatic heterocycles. The zero-order chi connectivity index (χ0) is 15.3. The van der Waals surface area contributed by atoms with E-state index in [0.29, 0.717) is 0 Å². The predicted molar refractivity (Wildman–Crippen MR) is 68.5 cm³/mol. The lowest BCUT2D eigenvalue weighted by atomic mass is 10.0. The molecule has 1 aromatic carbocycles. The number of ether oxygens (including phenoxy) is 2. The third-order valence-electron chi connectivity index (χ3n) is 2.29. The largest absolute Gasteiger partial charge is 0.573 e. The van der Waals surface area contributed by atoms with Crippen molar-refractivity contribution in [1.82, 2.24) is 0 Å². The lowest BCUT2D eigenvalue weighted by Crippen LogP contribution is -2.20. The van der Waals surface area contributed by atoms with E-state index in [0.717, 1.165) is 18.2 Å². The Hall–Kier alpha value is -1.54. The van der Waals surface area contributed by atoms with Crippen molar-refractivity contribution in [1.29, 1.82) is 0 Å². The third kappa shape index (κ3) is 6.63. The van der Waals surface area contributed by atoms with E-state index < -0.39 is 29.9 Å². The maximum absolute atomic E-state index is 13.5. The molecule has 0 unspecified atom stereocenters. The van der Waals surface area contributed by atoms with E-state index in [-0.39, 0.29) is 31.0 Å². The van der Waals surface area contributed by atoms with Gasteiger partial charge in [0, 0.05) is 11.6 Å². The molecule has 1 aromatic rings. The number of benzene rings is 1. The van der Waals surface area contributed by atoms with E-state index in [9.17, 15) is 22.4 Å². The molecule has 0 fully saturated rings. The van der Waals surface area contributed by atoms with Gasteiger partial charge in [0.05, 0.1) is 13.0 Å². The molecule has 0 heterocycles. The fourth-order valence-electron chi connectivity index (χ4n) is 1.51. The second-order valence-corrected chi connectivity index (χ2v) is 3.85. The lowest BCUT2D eigenvalue weighted by molar-refractivity contribution is -0.274. The van der Waals surface area contributed by atoms with Gasteiger partial charge >= 0.3 is 12.3 Å². The molecule has 2 N–H and O–H groups in total. The zero-order valence-corrected chi connectivity index (χ0v) is 11.8. The Morgan fingerprint density at radius 2 is 2.00 bits per heavy atom. The van der Waals surface area contributed by atoms with Crippen LogP contribution in [-0.2, 0) is 9.53 Å². The highest BCUT2D eigenvalue weighted by atomic mass is 35.5. The van der Waals surface area contributed by atoms with Crippen molar-refractivity contribution in [3.8, 4) is 5.75 Å². The second kappa shape index (κ2) is 8.04. The quantitative estimate of drug-likeness (QED) is 0.665. The number of hydrogen-bond donors (Lipinski definition) is 1. The van der Waals surface area contributed by atoms with Crippen molar-refractivity contribution in [3.05, 3.63) is 29.6 Å². The maximum atomic E-state index is 13.5. The van der Waals surface area contributed by atoms with Crippen LogP contribution in [0.4, 0.5) is 17.6 Å². The Balaban J connectivity index is 0.00000400. The SMILES string of the molecule is CCOC(=O)C[C@@H](N)c1cc(OC(F)(F)F)ccc1F.Cl. The Morgan fingerprint density at radius 3 is 2.52 bits per heavy atom. The molecule has 0 saturated carbocycles. The fraction of sp³-hybridized carbons (Fsp3) is 0.417. The Labute approximate surface area is 124 Å². The van der Waals surface area contributed by atoms with Gasteiger partial charge in [-0.2, -0.15) is 0 Å². The van der Waals surface area contributed by atoms with Crippen LogP contribution in [0.5, 0.6) is 5.75 Å². The van der Waals surface area contributed by atoms with Gasteiger partial charge in [0.15, 0.2) is 0 Å². The van der Waals surface area contributed by atoms with Gasteiger partial charge in [0.1, 0.15) is 11.6 Å². The first-order valence-electron chi connectivity index (χ1n) is 5.69. The first-order valence-corrected chi connectivity index (χ1v) is 5.69. The number of alkyl halides is 3. The number of carbonyl (C=O) groups is 1. The minimum Gasteiger partial charge on any atom is -0.466 e. The Bertz CT molecular complexity index is 482. The van der Waals surface area contributed by atoms with Crippen LogP contribution in [0.1, 0.15) is 24.9 Å². The molecule has 1 rings (SSSR count). The summed E-state index contributed by atoms with van der Waals surface area (Å²) in [4.78, 5) is 11.2. The molecular formula is C12H14ClF4NO3. The summed E-state index contributed by atoms with van der Waals surface area (Å²) in [5.74, 6) is -2.09. The van der Waals surface area contributed by atoms with Crippen LogP contribution >= 0.6 is 12.4 Å². The fourth-order valence-corrected chi connectivity index (χ4v) is 1.51. The van der Waals surface area contributed by atoms with Gasteiger partial charge < -0.3 is 15.2 Å². The van der Waals surface area contributed by atoms with E-state index in [2.05, 4.69) is 9.47 Å². The monoisotopic (exact) mass is 331 g/mol.